The van der Waals surface area contributed by atoms with E-state index in [2.05, 4.69) is 168 Å². The Morgan fingerprint density at radius 1 is 0.383 bits per heavy atom. The van der Waals surface area contributed by atoms with E-state index in [-0.39, 0.29) is 0 Å². The Labute approximate surface area is 273 Å². The molecule has 9 aromatic rings. The highest BCUT2D eigenvalue weighted by Crippen LogP contribution is 2.41. The fourth-order valence-corrected chi connectivity index (χ4v) is 6.77. The van der Waals surface area contributed by atoms with E-state index in [9.17, 15) is 0 Å². The van der Waals surface area contributed by atoms with Crippen molar-refractivity contribution in [2.75, 3.05) is 0 Å². The minimum absolute atomic E-state index is 0.922. The average molecular weight is 600 g/mol. The van der Waals surface area contributed by atoms with Crippen LogP contribution >= 0.6 is 0 Å². The predicted molar refractivity (Wildman–Crippen MR) is 196 cm³/mol. The van der Waals surface area contributed by atoms with Gasteiger partial charge >= 0.3 is 0 Å². The van der Waals surface area contributed by atoms with E-state index in [0.29, 0.717) is 0 Å². The van der Waals surface area contributed by atoms with Crippen LogP contribution in [-0.2, 0) is 0 Å². The van der Waals surface area contributed by atoms with Crippen LogP contribution in [0.15, 0.2) is 176 Å². The summed E-state index contributed by atoms with van der Waals surface area (Å²) in [5.74, 6) is 0.922. The van der Waals surface area contributed by atoms with E-state index in [1.807, 2.05) is 12.1 Å². The molecule has 7 aromatic carbocycles. The maximum absolute atomic E-state index is 5.33. The minimum atomic E-state index is 0.922. The molecule has 0 radical (unpaired) electrons. The molecule has 0 saturated carbocycles. The van der Waals surface area contributed by atoms with Crippen molar-refractivity contribution in [3.8, 4) is 50.6 Å². The maximum Gasteiger partial charge on any atom is 0.145 e. The molecule has 2 heterocycles. The third-order valence-electron chi connectivity index (χ3n) is 8.99. The lowest BCUT2D eigenvalue weighted by molar-refractivity contribution is 1.10. The highest BCUT2D eigenvalue weighted by molar-refractivity contribution is 6.16. The number of nitrogens with zero attached hydrogens (tertiary/aromatic N) is 3. The summed E-state index contributed by atoms with van der Waals surface area (Å²) < 4.78 is 2.26. The van der Waals surface area contributed by atoms with Crippen LogP contribution in [0.5, 0.6) is 0 Å². The molecule has 3 nitrogen and oxygen atoms in total. The summed E-state index contributed by atoms with van der Waals surface area (Å²) in [6, 6.07) is 61.9. The first-order valence-electron chi connectivity index (χ1n) is 15.9. The van der Waals surface area contributed by atoms with Crippen LogP contribution in [0.25, 0.3) is 83.3 Å². The van der Waals surface area contributed by atoms with E-state index in [1.165, 1.54) is 16.5 Å². The van der Waals surface area contributed by atoms with E-state index in [0.717, 1.165) is 66.8 Å². The molecule has 3 heteroatoms. The Bertz CT molecular complexity index is 2540. The highest BCUT2D eigenvalue weighted by Gasteiger charge is 2.19. The predicted octanol–water partition coefficient (Wildman–Crippen LogP) is 11.4. The second-order valence-electron chi connectivity index (χ2n) is 11.8. The summed E-state index contributed by atoms with van der Waals surface area (Å²) >= 11 is 0. The van der Waals surface area contributed by atoms with Gasteiger partial charge in [0.25, 0.3) is 0 Å². The topological polar surface area (TPSA) is 30.7 Å². The Morgan fingerprint density at radius 2 is 0.957 bits per heavy atom. The zero-order valence-corrected chi connectivity index (χ0v) is 25.6. The lowest BCUT2D eigenvalue weighted by Gasteiger charge is -2.16. The summed E-state index contributed by atoms with van der Waals surface area (Å²) in [7, 11) is 0. The van der Waals surface area contributed by atoms with Gasteiger partial charge < -0.3 is 0 Å². The van der Waals surface area contributed by atoms with E-state index < -0.39 is 0 Å². The van der Waals surface area contributed by atoms with Gasteiger partial charge in [0.2, 0.25) is 0 Å². The second-order valence-corrected chi connectivity index (χ2v) is 11.8. The van der Waals surface area contributed by atoms with Gasteiger partial charge in [0, 0.05) is 27.6 Å². The molecule has 0 unspecified atom stereocenters. The largest absolute Gasteiger partial charge is 0.292 e. The first-order chi connectivity index (χ1) is 23.3. The SMILES string of the molecule is c1ccc(-c2cc(-c3ccc4c(c3)nc(-c3ccccc3)n4-c3ccccc3)c3cc(-c4ccccc4)c4ccccc4c3n2)cc1. The van der Waals surface area contributed by atoms with Crippen LogP contribution < -0.4 is 0 Å². The fourth-order valence-electron chi connectivity index (χ4n) is 6.77. The van der Waals surface area contributed by atoms with Crippen molar-refractivity contribution in [3.63, 3.8) is 0 Å². The Hall–Kier alpha value is -6.32. The molecular weight excluding hydrogens is 571 g/mol. The van der Waals surface area contributed by atoms with Gasteiger partial charge in [-0.2, -0.15) is 0 Å². The molecule has 0 amide bonds. The van der Waals surface area contributed by atoms with Crippen molar-refractivity contribution < 1.29 is 0 Å². The third-order valence-corrected chi connectivity index (χ3v) is 8.99. The lowest BCUT2D eigenvalue weighted by Crippen LogP contribution is -1.97. The molecule has 0 bridgehead atoms. The third kappa shape index (κ3) is 4.68. The van der Waals surface area contributed by atoms with Gasteiger partial charge in [0.15, 0.2) is 0 Å². The average Bonchev–Trinajstić information content (AvgIpc) is 3.54. The van der Waals surface area contributed by atoms with Crippen LogP contribution in [0.1, 0.15) is 0 Å². The van der Waals surface area contributed by atoms with Gasteiger partial charge in [0.1, 0.15) is 5.82 Å². The van der Waals surface area contributed by atoms with Gasteiger partial charge in [-0.3, -0.25) is 4.57 Å². The Balaban J connectivity index is 1.35. The maximum atomic E-state index is 5.33. The zero-order valence-electron chi connectivity index (χ0n) is 25.6. The lowest BCUT2D eigenvalue weighted by atomic mass is 9.91. The molecule has 9 rings (SSSR count). The van der Waals surface area contributed by atoms with E-state index in [4.69, 9.17) is 9.97 Å². The Kier molecular flexibility index (Phi) is 6.46. The number of fused-ring (bicyclic) bond motifs is 4. The van der Waals surface area contributed by atoms with Crippen molar-refractivity contribution >= 4 is 32.7 Å². The number of hydrogen-bond donors (Lipinski definition) is 0. The summed E-state index contributed by atoms with van der Waals surface area (Å²) in [6.07, 6.45) is 0. The Morgan fingerprint density at radius 3 is 1.66 bits per heavy atom. The molecule has 2 aromatic heterocycles. The molecule has 0 aliphatic heterocycles. The van der Waals surface area contributed by atoms with Gasteiger partial charge in [-0.05, 0) is 64.0 Å². The second kappa shape index (κ2) is 11.2. The van der Waals surface area contributed by atoms with Crippen molar-refractivity contribution in [2.45, 2.75) is 0 Å². The molecule has 0 atom stereocenters. The van der Waals surface area contributed by atoms with Crippen LogP contribution in [0.3, 0.4) is 0 Å². The minimum Gasteiger partial charge on any atom is -0.292 e. The number of para-hydroxylation sites is 1. The number of imidazole rings is 1. The van der Waals surface area contributed by atoms with Crippen molar-refractivity contribution in [1.29, 1.82) is 0 Å². The first kappa shape index (κ1) is 27.0. The van der Waals surface area contributed by atoms with Crippen LogP contribution in [0.4, 0.5) is 0 Å². The smallest absolute Gasteiger partial charge is 0.145 e. The van der Waals surface area contributed by atoms with Gasteiger partial charge in [-0.15, -0.1) is 0 Å². The van der Waals surface area contributed by atoms with Crippen LogP contribution in [-0.4, -0.2) is 14.5 Å². The van der Waals surface area contributed by atoms with Crippen molar-refractivity contribution in [3.05, 3.63) is 176 Å². The number of benzene rings is 7. The molecule has 47 heavy (non-hydrogen) atoms. The molecule has 0 aliphatic rings. The van der Waals surface area contributed by atoms with Gasteiger partial charge in [0.05, 0.1) is 22.2 Å². The first-order valence-corrected chi connectivity index (χ1v) is 15.9. The van der Waals surface area contributed by atoms with Crippen molar-refractivity contribution in [1.82, 2.24) is 14.5 Å². The van der Waals surface area contributed by atoms with Crippen molar-refractivity contribution in [2.24, 2.45) is 0 Å². The summed E-state index contributed by atoms with van der Waals surface area (Å²) in [5, 5.41) is 3.45. The standard InChI is InChI=1S/C44H29N3/c1-5-15-30(16-6-1)37-28-39-38(29-40(31-17-7-2-8-18-31)45-43(39)36-24-14-13-23-35(36)37)33-25-26-42-41(27-33)46-44(32-19-9-3-10-20-32)47(42)34-21-11-4-12-22-34/h1-29H. The van der Waals surface area contributed by atoms with Gasteiger partial charge in [-0.1, -0.05) is 140 Å². The quantitative estimate of drug-likeness (QED) is 0.184. The summed E-state index contributed by atoms with van der Waals surface area (Å²) in [5.41, 5.74) is 11.8. The van der Waals surface area contributed by atoms with E-state index in [1.54, 1.807) is 0 Å². The monoisotopic (exact) mass is 599 g/mol. The number of rotatable bonds is 5. The molecule has 220 valence electrons. The summed E-state index contributed by atoms with van der Waals surface area (Å²) in [4.78, 5) is 10.6. The van der Waals surface area contributed by atoms with Crippen LogP contribution in [0, 0.1) is 0 Å². The molecular formula is C44H29N3. The fraction of sp³-hybridized carbons (Fsp3) is 0. The number of hydrogen-bond acceptors (Lipinski definition) is 2. The molecule has 0 fully saturated rings. The van der Waals surface area contributed by atoms with Crippen LogP contribution in [0.2, 0.25) is 0 Å². The molecule has 0 spiro atoms. The molecule has 0 N–H and O–H groups in total. The highest BCUT2D eigenvalue weighted by atomic mass is 15.1. The molecule has 0 aliphatic carbocycles. The molecule has 0 saturated heterocycles. The van der Waals surface area contributed by atoms with E-state index >= 15 is 0 Å². The zero-order chi connectivity index (χ0) is 31.2. The normalized spacial score (nSPS) is 11.4. The summed E-state index contributed by atoms with van der Waals surface area (Å²) in [6.45, 7) is 0. The number of pyridine rings is 1. The van der Waals surface area contributed by atoms with Gasteiger partial charge in [-0.25, -0.2) is 9.97 Å². The number of aromatic nitrogens is 3.